The van der Waals surface area contributed by atoms with E-state index in [0.717, 1.165) is 60.3 Å². The lowest BCUT2D eigenvalue weighted by molar-refractivity contribution is 0.0224. The molecular formula is C37H46ClN5O5S. The number of ether oxygens (including phenoxy) is 1. The minimum absolute atomic E-state index is 0.213. The molecule has 1 unspecified atom stereocenters. The fourth-order valence-corrected chi connectivity index (χ4v) is 7.81. The van der Waals surface area contributed by atoms with Crippen molar-refractivity contribution in [3.8, 4) is 23.1 Å². The predicted molar refractivity (Wildman–Crippen MR) is 191 cm³/mol. The Bertz CT molecular complexity index is 1880. The molecule has 10 nitrogen and oxygen atoms in total. The summed E-state index contributed by atoms with van der Waals surface area (Å²) < 4.78 is 34.0. The summed E-state index contributed by atoms with van der Waals surface area (Å²) in [5, 5.41) is 16.5. The zero-order valence-corrected chi connectivity index (χ0v) is 30.4. The number of sulfonamides is 1. The van der Waals surface area contributed by atoms with Gasteiger partial charge < -0.3 is 19.6 Å². The Kier molecular flexibility index (Phi) is 10.4. The molecule has 3 aliphatic heterocycles. The lowest BCUT2D eigenvalue weighted by Gasteiger charge is -2.31. The van der Waals surface area contributed by atoms with Crippen molar-refractivity contribution in [2.24, 2.45) is 0 Å². The maximum absolute atomic E-state index is 12.7. The number of nitrogens with zero attached hydrogens (tertiary/aromatic N) is 5. The second-order valence-corrected chi connectivity index (χ2v) is 16.8. The van der Waals surface area contributed by atoms with E-state index in [1.165, 1.54) is 22.5 Å². The third-order valence-electron chi connectivity index (χ3n) is 9.32. The smallest absolute Gasteiger partial charge is 0.410 e. The van der Waals surface area contributed by atoms with Gasteiger partial charge in [0.2, 0.25) is 10.0 Å². The number of likely N-dealkylation sites (tertiary alicyclic amines) is 1. The SMILES string of the molecule is CC(C)(C)OC(=O)N1CCc2ccc(C#Cc3cc(-c4nn(CC(O)CN5CCCCC5)c5c4CN(S(C)(=O)=O)CC5)ccc3Cl)cc2C1. The molecule has 1 aromatic heterocycles. The quantitative estimate of drug-likeness (QED) is 0.357. The second kappa shape index (κ2) is 14.4. The van der Waals surface area contributed by atoms with Crippen LogP contribution in [0.5, 0.6) is 0 Å². The molecule has 1 N–H and O–H groups in total. The number of carbonyl (C=O) groups is 1. The molecule has 1 atom stereocenters. The molecule has 1 amide bonds. The van der Waals surface area contributed by atoms with Crippen molar-refractivity contribution in [3.05, 3.63) is 74.9 Å². The van der Waals surface area contributed by atoms with Gasteiger partial charge in [-0.05, 0) is 88.5 Å². The van der Waals surface area contributed by atoms with Gasteiger partial charge in [0.15, 0.2) is 0 Å². The highest BCUT2D eigenvalue weighted by molar-refractivity contribution is 7.88. The Morgan fingerprint density at radius 2 is 1.76 bits per heavy atom. The van der Waals surface area contributed by atoms with Crippen molar-refractivity contribution in [2.45, 2.75) is 84.2 Å². The predicted octanol–water partition coefficient (Wildman–Crippen LogP) is 5.06. The lowest BCUT2D eigenvalue weighted by Crippen LogP contribution is -2.39. The highest BCUT2D eigenvalue weighted by Crippen LogP contribution is 2.33. The number of carbonyl (C=O) groups excluding carboxylic acids is 1. The first-order valence-corrected chi connectivity index (χ1v) is 19.3. The molecule has 1 fully saturated rings. The molecule has 3 aromatic rings. The number of halogens is 1. The van der Waals surface area contributed by atoms with Gasteiger partial charge in [0.1, 0.15) is 5.60 Å². The lowest BCUT2D eigenvalue weighted by atomic mass is 9.97. The molecule has 3 aliphatic rings. The summed E-state index contributed by atoms with van der Waals surface area (Å²) in [4.78, 5) is 16.7. The zero-order valence-electron chi connectivity index (χ0n) is 28.8. The minimum atomic E-state index is -3.41. The fraction of sp³-hybridized carbons (Fsp3) is 0.514. The molecule has 2 aromatic carbocycles. The summed E-state index contributed by atoms with van der Waals surface area (Å²) in [6, 6.07) is 11.6. The number of piperidine rings is 1. The van der Waals surface area contributed by atoms with Crippen molar-refractivity contribution in [2.75, 3.05) is 39.0 Å². The first-order valence-electron chi connectivity index (χ1n) is 17.1. The van der Waals surface area contributed by atoms with E-state index in [1.54, 1.807) is 11.0 Å². The van der Waals surface area contributed by atoms with Gasteiger partial charge >= 0.3 is 6.09 Å². The molecule has 0 radical (unpaired) electrons. The first-order chi connectivity index (χ1) is 23.2. The monoisotopic (exact) mass is 707 g/mol. The fourth-order valence-electron chi connectivity index (χ4n) is 6.85. The van der Waals surface area contributed by atoms with E-state index < -0.39 is 21.7 Å². The number of amides is 1. The molecule has 0 bridgehead atoms. The van der Waals surface area contributed by atoms with Gasteiger partial charge in [-0.2, -0.15) is 9.40 Å². The summed E-state index contributed by atoms with van der Waals surface area (Å²) >= 11 is 6.65. The summed E-state index contributed by atoms with van der Waals surface area (Å²) in [6.45, 7) is 10.1. The number of aliphatic hydroxyl groups excluding tert-OH is 1. The van der Waals surface area contributed by atoms with Crippen LogP contribution in [0.2, 0.25) is 5.02 Å². The van der Waals surface area contributed by atoms with Crippen LogP contribution in [-0.4, -0.2) is 94.2 Å². The molecule has 6 rings (SSSR count). The van der Waals surface area contributed by atoms with Crippen molar-refractivity contribution in [1.29, 1.82) is 0 Å². The van der Waals surface area contributed by atoms with E-state index in [9.17, 15) is 18.3 Å². The largest absolute Gasteiger partial charge is 0.444 e. The van der Waals surface area contributed by atoms with Crippen LogP contribution in [0, 0.1) is 11.8 Å². The summed E-state index contributed by atoms with van der Waals surface area (Å²) in [7, 11) is -3.41. The number of aliphatic hydroxyl groups is 1. The van der Waals surface area contributed by atoms with E-state index in [-0.39, 0.29) is 12.6 Å². The van der Waals surface area contributed by atoms with Gasteiger partial charge in [-0.3, -0.25) is 4.68 Å². The topological polar surface area (TPSA) is 108 Å². The number of fused-ring (bicyclic) bond motifs is 2. The van der Waals surface area contributed by atoms with E-state index in [4.69, 9.17) is 21.4 Å². The molecule has 49 heavy (non-hydrogen) atoms. The average Bonchev–Trinajstić information content (AvgIpc) is 3.40. The van der Waals surface area contributed by atoms with Gasteiger partial charge in [-0.15, -0.1) is 0 Å². The first kappa shape index (κ1) is 35.4. The standard InChI is InChI=1S/C37H46ClN5O5S/c1-37(2,3)48-36(45)41-18-14-27-10-8-26(20-30(27)22-41)9-11-28-21-29(12-13-33(28)38)35-32-25-42(49(4,46)47)19-15-34(32)43(39-35)24-31(44)23-40-16-6-5-7-17-40/h8,10,12-13,20-21,31,44H,5-7,14-19,22-25H2,1-4H3. The van der Waals surface area contributed by atoms with Gasteiger partial charge in [0.25, 0.3) is 0 Å². The Balaban J connectivity index is 1.26. The van der Waals surface area contributed by atoms with Crippen molar-refractivity contribution < 1.29 is 23.1 Å². The summed E-state index contributed by atoms with van der Waals surface area (Å²) in [6.07, 6.45) is 5.11. The van der Waals surface area contributed by atoms with E-state index in [2.05, 4.69) is 22.8 Å². The van der Waals surface area contributed by atoms with Gasteiger partial charge in [0.05, 0.1) is 29.6 Å². The Morgan fingerprint density at radius 3 is 2.49 bits per heavy atom. The molecular weight excluding hydrogens is 662 g/mol. The maximum Gasteiger partial charge on any atom is 0.410 e. The number of aromatic nitrogens is 2. The molecule has 0 aliphatic carbocycles. The van der Waals surface area contributed by atoms with Crippen LogP contribution in [0.3, 0.4) is 0 Å². The van der Waals surface area contributed by atoms with Crippen LogP contribution < -0.4 is 0 Å². The van der Waals surface area contributed by atoms with Crippen LogP contribution >= 0.6 is 11.6 Å². The molecule has 1 saturated heterocycles. The normalized spacial score (nSPS) is 17.9. The molecule has 0 saturated carbocycles. The third kappa shape index (κ3) is 8.67. The van der Waals surface area contributed by atoms with Crippen LogP contribution in [-0.2, 0) is 47.2 Å². The van der Waals surface area contributed by atoms with Crippen molar-refractivity contribution >= 4 is 27.7 Å². The van der Waals surface area contributed by atoms with Crippen molar-refractivity contribution in [3.63, 3.8) is 0 Å². The van der Waals surface area contributed by atoms with Crippen LogP contribution in [0.1, 0.15) is 73.5 Å². The average molecular weight is 708 g/mol. The van der Waals surface area contributed by atoms with Crippen LogP contribution in [0.4, 0.5) is 4.79 Å². The second-order valence-electron chi connectivity index (χ2n) is 14.4. The van der Waals surface area contributed by atoms with Gasteiger partial charge in [-0.25, -0.2) is 13.2 Å². The molecule has 0 spiro atoms. The summed E-state index contributed by atoms with van der Waals surface area (Å²) in [5.74, 6) is 6.49. The Labute approximate surface area is 295 Å². The van der Waals surface area contributed by atoms with Gasteiger partial charge in [0, 0.05) is 67.1 Å². The van der Waals surface area contributed by atoms with E-state index in [1.807, 2.05) is 49.7 Å². The molecule has 4 heterocycles. The third-order valence-corrected chi connectivity index (χ3v) is 10.9. The number of benzene rings is 2. The highest BCUT2D eigenvalue weighted by Gasteiger charge is 2.31. The van der Waals surface area contributed by atoms with Crippen LogP contribution in [0.25, 0.3) is 11.3 Å². The highest BCUT2D eigenvalue weighted by atomic mass is 35.5. The maximum atomic E-state index is 12.7. The number of rotatable bonds is 6. The molecule has 12 heteroatoms. The number of hydrogen-bond acceptors (Lipinski definition) is 7. The van der Waals surface area contributed by atoms with Gasteiger partial charge in [-0.1, -0.05) is 42.0 Å². The Morgan fingerprint density at radius 1 is 0.980 bits per heavy atom. The van der Waals surface area contributed by atoms with E-state index in [0.29, 0.717) is 55.4 Å². The van der Waals surface area contributed by atoms with E-state index >= 15 is 0 Å². The zero-order chi connectivity index (χ0) is 34.9. The minimum Gasteiger partial charge on any atom is -0.444 e. The number of β-amino-alcohol motifs (C(OH)–C–C–N with tert-alkyl or cyclic N) is 1. The van der Waals surface area contributed by atoms with Crippen molar-refractivity contribution in [1.82, 2.24) is 23.9 Å². The molecule has 262 valence electrons. The Hall–Kier alpha value is -3.40. The number of hydrogen-bond donors (Lipinski definition) is 1. The van der Waals surface area contributed by atoms with Crippen LogP contribution in [0.15, 0.2) is 36.4 Å². The summed E-state index contributed by atoms with van der Waals surface area (Å²) in [5.41, 5.74) is 6.34.